The summed E-state index contributed by atoms with van der Waals surface area (Å²) < 4.78 is 0. The Morgan fingerprint density at radius 3 is 2.62 bits per heavy atom. The van der Waals surface area contributed by atoms with Gasteiger partial charge >= 0.3 is 12.0 Å². The third kappa shape index (κ3) is 3.13. The van der Waals surface area contributed by atoms with Gasteiger partial charge in [-0.15, -0.1) is 0 Å². The maximum atomic E-state index is 12.3. The molecule has 1 aliphatic rings. The van der Waals surface area contributed by atoms with E-state index < -0.39 is 18.0 Å². The Hall–Kier alpha value is -2.57. The summed E-state index contributed by atoms with van der Waals surface area (Å²) in [4.78, 5) is 36.3. The van der Waals surface area contributed by atoms with E-state index in [0.29, 0.717) is 11.4 Å². The predicted molar refractivity (Wildman–Crippen MR) is 77.2 cm³/mol. The van der Waals surface area contributed by atoms with E-state index in [-0.39, 0.29) is 18.4 Å². The smallest absolute Gasteiger partial charge is 0.326 e. The molecule has 3 N–H and O–H groups in total. The average Bonchev–Trinajstić information content (AvgIpc) is 2.42. The van der Waals surface area contributed by atoms with E-state index in [1.165, 1.54) is 4.90 Å². The van der Waals surface area contributed by atoms with Crippen LogP contribution in [0.1, 0.15) is 13.8 Å². The van der Waals surface area contributed by atoms with E-state index in [9.17, 15) is 14.4 Å². The first-order valence-corrected chi connectivity index (χ1v) is 6.60. The Labute approximate surface area is 121 Å². The van der Waals surface area contributed by atoms with E-state index in [1.807, 2.05) is 0 Å². The summed E-state index contributed by atoms with van der Waals surface area (Å²) in [6.45, 7) is 3.26. The molecule has 21 heavy (non-hydrogen) atoms. The number of benzene rings is 1. The largest absolute Gasteiger partial charge is 0.480 e. The molecule has 2 rings (SSSR count). The van der Waals surface area contributed by atoms with Crippen molar-refractivity contribution >= 4 is 29.3 Å². The van der Waals surface area contributed by atoms with E-state index in [1.54, 1.807) is 38.1 Å². The molecule has 1 unspecified atom stereocenters. The van der Waals surface area contributed by atoms with Gasteiger partial charge in [0.2, 0.25) is 5.91 Å². The van der Waals surface area contributed by atoms with E-state index in [0.717, 1.165) is 0 Å². The topological polar surface area (TPSA) is 98.7 Å². The molecule has 1 aliphatic heterocycles. The fourth-order valence-corrected chi connectivity index (χ4v) is 2.14. The Kier molecular flexibility index (Phi) is 4.11. The second kappa shape index (κ2) is 5.82. The maximum Gasteiger partial charge on any atom is 0.326 e. The molecule has 1 aromatic carbocycles. The molecule has 0 saturated carbocycles. The lowest BCUT2D eigenvalue weighted by molar-refractivity contribution is -0.140. The second-order valence-corrected chi connectivity index (χ2v) is 5.16. The summed E-state index contributed by atoms with van der Waals surface area (Å²) in [5.74, 6) is -1.69. The molecule has 0 radical (unpaired) electrons. The van der Waals surface area contributed by atoms with Crippen LogP contribution in [-0.2, 0) is 9.59 Å². The van der Waals surface area contributed by atoms with Crippen molar-refractivity contribution in [3.05, 3.63) is 24.3 Å². The van der Waals surface area contributed by atoms with Crippen LogP contribution in [0.3, 0.4) is 0 Å². The van der Waals surface area contributed by atoms with Gasteiger partial charge in [0.15, 0.2) is 0 Å². The minimum atomic E-state index is -1.10. The number of carbonyl (C=O) groups is 3. The van der Waals surface area contributed by atoms with E-state index in [2.05, 4.69) is 10.6 Å². The highest BCUT2D eigenvalue weighted by Gasteiger charge is 2.30. The van der Waals surface area contributed by atoms with Crippen LogP contribution in [0.2, 0.25) is 0 Å². The number of nitrogens with one attached hydrogen (secondary N) is 2. The molecule has 1 aromatic rings. The molecule has 7 heteroatoms. The van der Waals surface area contributed by atoms with Gasteiger partial charge in [0.05, 0.1) is 11.4 Å². The first kappa shape index (κ1) is 14.8. The van der Waals surface area contributed by atoms with Crippen LogP contribution in [0.25, 0.3) is 0 Å². The molecule has 0 fully saturated rings. The van der Waals surface area contributed by atoms with Crippen LogP contribution in [0, 0.1) is 5.92 Å². The van der Waals surface area contributed by atoms with Crippen LogP contribution in [-0.4, -0.2) is 35.6 Å². The highest BCUT2D eigenvalue weighted by Crippen LogP contribution is 2.28. The molecular weight excluding hydrogens is 274 g/mol. The second-order valence-electron chi connectivity index (χ2n) is 5.16. The van der Waals surface area contributed by atoms with Gasteiger partial charge in [-0.3, -0.25) is 9.69 Å². The van der Waals surface area contributed by atoms with Gasteiger partial charge in [0.25, 0.3) is 0 Å². The van der Waals surface area contributed by atoms with Crippen LogP contribution in [0.15, 0.2) is 24.3 Å². The summed E-state index contributed by atoms with van der Waals surface area (Å²) >= 11 is 0. The number of hydrogen-bond donors (Lipinski definition) is 3. The van der Waals surface area contributed by atoms with Crippen molar-refractivity contribution in [1.82, 2.24) is 5.32 Å². The van der Waals surface area contributed by atoms with E-state index in [4.69, 9.17) is 5.11 Å². The zero-order valence-corrected chi connectivity index (χ0v) is 11.8. The van der Waals surface area contributed by atoms with Crippen molar-refractivity contribution in [1.29, 1.82) is 0 Å². The average molecular weight is 291 g/mol. The molecule has 1 atom stereocenters. The monoisotopic (exact) mass is 291 g/mol. The molecule has 7 nitrogen and oxygen atoms in total. The minimum Gasteiger partial charge on any atom is -0.480 e. The summed E-state index contributed by atoms with van der Waals surface area (Å²) in [6, 6.07) is 5.26. The number of anilines is 2. The fraction of sp³-hybridized carbons (Fsp3) is 0.357. The Bertz CT molecular complexity index is 585. The summed E-state index contributed by atoms with van der Waals surface area (Å²) in [5, 5.41) is 14.2. The molecule has 0 aromatic heterocycles. The first-order valence-electron chi connectivity index (χ1n) is 6.60. The molecule has 112 valence electrons. The lowest BCUT2D eigenvalue weighted by Crippen LogP contribution is -2.53. The van der Waals surface area contributed by atoms with Crippen molar-refractivity contribution in [2.45, 2.75) is 19.9 Å². The van der Waals surface area contributed by atoms with Crippen molar-refractivity contribution in [2.75, 3.05) is 16.8 Å². The number of aliphatic carboxylic acids is 1. The number of amides is 3. The molecule has 3 amide bonds. The summed E-state index contributed by atoms with van der Waals surface area (Å²) in [7, 11) is 0. The summed E-state index contributed by atoms with van der Waals surface area (Å²) in [5.41, 5.74) is 1.07. The molecule has 0 bridgehead atoms. The van der Waals surface area contributed by atoms with E-state index >= 15 is 0 Å². The number of urea groups is 1. The lowest BCUT2D eigenvalue weighted by Gasteiger charge is -2.30. The number of rotatable bonds is 3. The number of carbonyl (C=O) groups excluding carboxylic acids is 2. The molecule has 0 aliphatic carbocycles. The lowest BCUT2D eigenvalue weighted by atomic mass is 10.1. The van der Waals surface area contributed by atoms with Crippen molar-refractivity contribution < 1.29 is 19.5 Å². The number of carboxylic acids is 1. The van der Waals surface area contributed by atoms with Gasteiger partial charge in [-0.2, -0.15) is 0 Å². The van der Waals surface area contributed by atoms with Gasteiger partial charge in [0, 0.05) is 0 Å². The van der Waals surface area contributed by atoms with Crippen molar-refractivity contribution in [3.8, 4) is 0 Å². The number of hydrogen-bond acceptors (Lipinski definition) is 3. The van der Waals surface area contributed by atoms with Gasteiger partial charge in [-0.05, 0) is 18.1 Å². The molecule has 0 saturated heterocycles. The third-order valence-electron chi connectivity index (χ3n) is 3.23. The number of nitrogens with zero attached hydrogens (tertiary/aromatic N) is 1. The van der Waals surface area contributed by atoms with Crippen LogP contribution in [0.5, 0.6) is 0 Å². The van der Waals surface area contributed by atoms with Gasteiger partial charge in [-0.25, -0.2) is 9.59 Å². The van der Waals surface area contributed by atoms with Gasteiger partial charge in [0.1, 0.15) is 12.6 Å². The SMILES string of the molecule is CC(C)C(NC(=O)N1CC(=O)Nc2ccccc21)C(=O)O. The van der Waals surface area contributed by atoms with Crippen LogP contribution in [0.4, 0.5) is 16.2 Å². The predicted octanol–water partition coefficient (Wildman–Crippen LogP) is 1.26. The standard InChI is InChI=1S/C14H17N3O4/c1-8(2)12(13(19)20)16-14(21)17-7-11(18)15-9-5-3-4-6-10(9)17/h3-6,8,12H,7H2,1-2H3,(H,15,18)(H,16,21)(H,19,20). The number of carboxylic acid groups (broad SMARTS) is 1. The first-order chi connectivity index (χ1) is 9.90. The Morgan fingerprint density at radius 2 is 2.00 bits per heavy atom. The maximum absolute atomic E-state index is 12.3. The zero-order chi connectivity index (χ0) is 15.6. The highest BCUT2D eigenvalue weighted by atomic mass is 16.4. The van der Waals surface area contributed by atoms with Crippen LogP contribution < -0.4 is 15.5 Å². The Balaban J connectivity index is 2.23. The molecular formula is C14H17N3O4. The quantitative estimate of drug-likeness (QED) is 0.780. The molecule has 1 heterocycles. The highest BCUT2D eigenvalue weighted by molar-refractivity contribution is 6.09. The van der Waals surface area contributed by atoms with Crippen LogP contribution >= 0.6 is 0 Å². The summed E-state index contributed by atoms with van der Waals surface area (Å²) in [6.07, 6.45) is 0. The fourth-order valence-electron chi connectivity index (χ4n) is 2.14. The third-order valence-corrected chi connectivity index (χ3v) is 3.23. The number of para-hydroxylation sites is 2. The van der Waals surface area contributed by atoms with Crippen molar-refractivity contribution in [2.24, 2.45) is 5.92 Å². The zero-order valence-electron chi connectivity index (χ0n) is 11.8. The Morgan fingerprint density at radius 1 is 1.33 bits per heavy atom. The minimum absolute atomic E-state index is 0.146. The molecule has 0 spiro atoms. The van der Waals surface area contributed by atoms with Crippen molar-refractivity contribution in [3.63, 3.8) is 0 Å². The number of fused-ring (bicyclic) bond motifs is 1. The normalized spacial score (nSPS) is 15.2. The van der Waals surface area contributed by atoms with Gasteiger partial charge < -0.3 is 15.7 Å². The van der Waals surface area contributed by atoms with Gasteiger partial charge in [-0.1, -0.05) is 26.0 Å².